The van der Waals surface area contributed by atoms with E-state index >= 15 is 0 Å². The van der Waals surface area contributed by atoms with Crippen molar-refractivity contribution in [2.75, 3.05) is 5.73 Å². The van der Waals surface area contributed by atoms with E-state index in [4.69, 9.17) is 5.73 Å². The molecule has 1 aromatic heterocycles. The highest BCUT2D eigenvalue weighted by atomic mass is 79.9. The molecule has 2 nitrogen and oxygen atoms in total. The molecule has 0 unspecified atom stereocenters. The lowest BCUT2D eigenvalue weighted by molar-refractivity contribution is 0.605. The fourth-order valence-electron chi connectivity index (χ4n) is 1.93. The predicted molar refractivity (Wildman–Crippen MR) is 84.4 cm³/mol. The van der Waals surface area contributed by atoms with Gasteiger partial charge in [-0.3, -0.25) is 4.98 Å². The van der Waals surface area contributed by atoms with E-state index < -0.39 is 0 Å². The van der Waals surface area contributed by atoms with Crippen molar-refractivity contribution in [3.63, 3.8) is 0 Å². The first kappa shape index (κ1) is 13.4. The second-order valence-electron chi connectivity index (χ2n) is 4.23. The summed E-state index contributed by atoms with van der Waals surface area (Å²) >= 11 is 4.73. The molecule has 5 heteroatoms. The van der Waals surface area contributed by atoms with Gasteiger partial charge in [0.05, 0.1) is 10.4 Å². The molecule has 100 valence electrons. The zero-order chi connectivity index (χ0) is 14.1. The van der Waals surface area contributed by atoms with Crippen LogP contribution < -0.4 is 5.73 Å². The molecule has 0 aliphatic heterocycles. The molecule has 0 saturated heterocycles. The number of halogens is 2. The number of hydrogen-bond acceptors (Lipinski definition) is 3. The smallest absolute Gasteiger partial charge is 0.141 e. The van der Waals surface area contributed by atoms with E-state index in [2.05, 4.69) is 20.9 Å². The number of hydrogen-bond donors (Lipinski definition) is 1. The average Bonchev–Trinajstić information content (AvgIpc) is 2.45. The Morgan fingerprint density at radius 3 is 2.65 bits per heavy atom. The number of nitrogens with zero attached hydrogens (tertiary/aromatic N) is 1. The lowest BCUT2D eigenvalue weighted by Gasteiger charge is -2.09. The van der Waals surface area contributed by atoms with E-state index in [-0.39, 0.29) is 5.82 Å². The molecule has 20 heavy (non-hydrogen) atoms. The number of benzene rings is 2. The quantitative estimate of drug-likeness (QED) is 0.671. The van der Waals surface area contributed by atoms with Crippen molar-refractivity contribution in [2.24, 2.45) is 0 Å². The van der Waals surface area contributed by atoms with Crippen LogP contribution >= 0.6 is 27.7 Å². The van der Waals surface area contributed by atoms with Crippen LogP contribution in [0.3, 0.4) is 0 Å². The van der Waals surface area contributed by atoms with Crippen molar-refractivity contribution in [2.45, 2.75) is 9.79 Å². The van der Waals surface area contributed by atoms with Crippen LogP contribution in [0.5, 0.6) is 0 Å². The van der Waals surface area contributed by atoms with E-state index in [1.165, 1.54) is 17.8 Å². The van der Waals surface area contributed by atoms with E-state index in [1.807, 2.05) is 30.3 Å². The number of nitrogens with two attached hydrogens (primary N) is 1. The second-order valence-corrected chi connectivity index (χ2v) is 6.23. The van der Waals surface area contributed by atoms with Gasteiger partial charge in [0.25, 0.3) is 0 Å². The predicted octanol–water partition coefficient (Wildman–Crippen LogP) is 4.87. The molecular formula is C15H10BrFN2S. The zero-order valence-electron chi connectivity index (χ0n) is 10.3. The van der Waals surface area contributed by atoms with E-state index in [0.29, 0.717) is 16.1 Å². The third kappa shape index (κ3) is 2.51. The number of rotatable bonds is 2. The van der Waals surface area contributed by atoms with Gasteiger partial charge in [-0.25, -0.2) is 4.39 Å². The summed E-state index contributed by atoms with van der Waals surface area (Å²) in [5, 5.41) is 0.772. The van der Waals surface area contributed by atoms with Crippen molar-refractivity contribution >= 4 is 44.3 Å². The van der Waals surface area contributed by atoms with Gasteiger partial charge >= 0.3 is 0 Å². The summed E-state index contributed by atoms with van der Waals surface area (Å²) in [6.45, 7) is 0. The van der Waals surface area contributed by atoms with Gasteiger partial charge in [-0.05, 0) is 42.5 Å². The third-order valence-corrected chi connectivity index (χ3v) is 4.50. The Morgan fingerprint density at radius 2 is 1.90 bits per heavy atom. The van der Waals surface area contributed by atoms with Gasteiger partial charge in [0.1, 0.15) is 5.82 Å². The van der Waals surface area contributed by atoms with Crippen LogP contribution in [0.1, 0.15) is 0 Å². The molecule has 0 fully saturated rings. The summed E-state index contributed by atoms with van der Waals surface area (Å²) in [7, 11) is 0. The number of pyridine rings is 1. The second kappa shape index (κ2) is 5.42. The maximum absolute atomic E-state index is 14.2. The number of aromatic nitrogens is 1. The maximum atomic E-state index is 14.2. The molecule has 0 radical (unpaired) electrons. The molecule has 0 atom stereocenters. The first-order valence-corrected chi connectivity index (χ1v) is 7.52. The van der Waals surface area contributed by atoms with Crippen LogP contribution in [-0.2, 0) is 0 Å². The van der Waals surface area contributed by atoms with Crippen LogP contribution in [0.15, 0.2) is 62.9 Å². The first-order valence-electron chi connectivity index (χ1n) is 5.91. The lowest BCUT2D eigenvalue weighted by atomic mass is 10.2. The summed E-state index contributed by atoms with van der Waals surface area (Å²) < 4.78 is 15.2. The topological polar surface area (TPSA) is 38.9 Å². The molecule has 2 N–H and O–H groups in total. The summed E-state index contributed by atoms with van der Waals surface area (Å²) in [6.07, 6.45) is 1.65. The average molecular weight is 349 g/mol. The molecule has 3 rings (SSSR count). The normalized spacial score (nSPS) is 10.9. The van der Waals surface area contributed by atoms with E-state index in [0.717, 1.165) is 14.8 Å². The van der Waals surface area contributed by atoms with Crippen molar-refractivity contribution in [3.05, 3.63) is 59.0 Å². The van der Waals surface area contributed by atoms with E-state index in [9.17, 15) is 4.39 Å². The molecule has 0 aliphatic rings. The molecule has 0 bridgehead atoms. The van der Waals surface area contributed by atoms with Gasteiger partial charge in [0, 0.05) is 26.6 Å². The monoisotopic (exact) mass is 348 g/mol. The molecule has 0 spiro atoms. The highest BCUT2D eigenvalue weighted by Crippen LogP contribution is 2.37. The fraction of sp³-hybridized carbons (Fsp3) is 0. The van der Waals surface area contributed by atoms with Crippen LogP contribution in [0.4, 0.5) is 10.1 Å². The fourth-order valence-corrected chi connectivity index (χ4v) is 3.12. The molecule has 0 aliphatic carbocycles. The molecule has 0 amide bonds. The highest BCUT2D eigenvalue weighted by Gasteiger charge is 2.13. The molecule has 0 saturated carbocycles. The SMILES string of the molecule is Nc1cc(F)c(Sc2ccc(Br)cc2)c2ncccc12. The summed E-state index contributed by atoms with van der Waals surface area (Å²) in [5.41, 5.74) is 6.85. The number of fused-ring (bicyclic) bond motifs is 1. The Balaban J connectivity index is 2.13. The summed E-state index contributed by atoms with van der Waals surface area (Å²) in [4.78, 5) is 5.71. The Kier molecular flexibility index (Phi) is 3.63. The Labute approximate surface area is 128 Å². The van der Waals surface area contributed by atoms with Gasteiger partial charge < -0.3 is 5.73 Å². The van der Waals surface area contributed by atoms with Crippen molar-refractivity contribution in [3.8, 4) is 0 Å². The van der Waals surface area contributed by atoms with E-state index in [1.54, 1.807) is 12.3 Å². The largest absolute Gasteiger partial charge is 0.398 e. The number of nitrogen functional groups attached to an aromatic ring is 1. The molecule has 1 heterocycles. The van der Waals surface area contributed by atoms with Gasteiger partial charge in [0.15, 0.2) is 0 Å². The third-order valence-electron chi connectivity index (χ3n) is 2.87. The number of anilines is 1. The van der Waals surface area contributed by atoms with Crippen molar-refractivity contribution in [1.82, 2.24) is 4.98 Å². The minimum atomic E-state index is -0.346. The Bertz CT molecular complexity index is 775. The lowest BCUT2D eigenvalue weighted by Crippen LogP contribution is -1.94. The molecule has 2 aromatic carbocycles. The first-order chi connectivity index (χ1) is 9.65. The van der Waals surface area contributed by atoms with Gasteiger partial charge in [0.2, 0.25) is 0 Å². The van der Waals surface area contributed by atoms with Crippen LogP contribution in [0, 0.1) is 5.82 Å². The molecular weight excluding hydrogens is 339 g/mol. The minimum Gasteiger partial charge on any atom is -0.398 e. The maximum Gasteiger partial charge on any atom is 0.141 e. The minimum absolute atomic E-state index is 0.346. The molecule has 3 aromatic rings. The zero-order valence-corrected chi connectivity index (χ0v) is 12.7. The van der Waals surface area contributed by atoms with Gasteiger partial charge in [-0.1, -0.05) is 27.7 Å². The Morgan fingerprint density at radius 1 is 1.15 bits per heavy atom. The van der Waals surface area contributed by atoms with Gasteiger partial charge in [-0.15, -0.1) is 0 Å². The van der Waals surface area contributed by atoms with Crippen LogP contribution in [0.2, 0.25) is 0 Å². The van der Waals surface area contributed by atoms with Crippen molar-refractivity contribution < 1.29 is 4.39 Å². The van der Waals surface area contributed by atoms with Crippen LogP contribution in [0.25, 0.3) is 10.9 Å². The summed E-state index contributed by atoms with van der Waals surface area (Å²) in [5.74, 6) is -0.346. The van der Waals surface area contributed by atoms with Crippen LogP contribution in [-0.4, -0.2) is 4.98 Å². The standard InChI is InChI=1S/C15H10BrFN2S/c16-9-3-5-10(6-4-9)20-15-12(17)8-13(18)11-2-1-7-19-14(11)15/h1-8H,18H2. The van der Waals surface area contributed by atoms with Gasteiger partial charge in [-0.2, -0.15) is 0 Å². The highest BCUT2D eigenvalue weighted by molar-refractivity contribution is 9.10. The Hall–Kier alpha value is -1.59. The summed E-state index contributed by atoms with van der Waals surface area (Å²) in [6, 6.07) is 12.7. The van der Waals surface area contributed by atoms with Crippen molar-refractivity contribution in [1.29, 1.82) is 0 Å².